The largest absolute Gasteiger partial charge is 0.490 e. The molecule has 1 saturated carbocycles. The van der Waals surface area contributed by atoms with Crippen LogP contribution in [0.2, 0.25) is 0 Å². The van der Waals surface area contributed by atoms with Crippen LogP contribution in [0.5, 0.6) is 5.75 Å². The number of fused-ring (bicyclic) bond motifs is 1. The number of ether oxygens (including phenoxy) is 1. The van der Waals surface area contributed by atoms with E-state index in [2.05, 4.69) is 51.1 Å². The van der Waals surface area contributed by atoms with Crippen LogP contribution in [0.3, 0.4) is 0 Å². The van der Waals surface area contributed by atoms with E-state index in [-0.39, 0.29) is 11.5 Å². The first-order valence-corrected chi connectivity index (χ1v) is 12.5. The Balaban J connectivity index is 1.58. The van der Waals surface area contributed by atoms with Gasteiger partial charge in [0.2, 0.25) is 0 Å². The molecule has 0 bridgehead atoms. The van der Waals surface area contributed by atoms with Crippen molar-refractivity contribution in [1.29, 1.82) is 0 Å². The Morgan fingerprint density at radius 3 is 2.37 bits per heavy atom. The second-order valence-corrected chi connectivity index (χ2v) is 10.6. The molecule has 180 valence electrons. The molecule has 1 heterocycles. The molecule has 1 fully saturated rings. The van der Waals surface area contributed by atoms with E-state index >= 15 is 0 Å². The number of para-hydroxylation sites is 1. The van der Waals surface area contributed by atoms with Crippen LogP contribution in [-0.4, -0.2) is 21.7 Å². The van der Waals surface area contributed by atoms with Gasteiger partial charge in [-0.2, -0.15) is 0 Å². The zero-order valence-electron chi connectivity index (χ0n) is 20.8. The van der Waals surface area contributed by atoms with Gasteiger partial charge in [-0.05, 0) is 66.0 Å². The van der Waals surface area contributed by atoms with Crippen molar-refractivity contribution in [3.05, 3.63) is 89.6 Å². The van der Waals surface area contributed by atoms with Gasteiger partial charge in [0.1, 0.15) is 11.4 Å². The normalized spacial score (nSPS) is 14.5. The first-order valence-electron chi connectivity index (χ1n) is 12.5. The Morgan fingerprint density at radius 2 is 1.69 bits per heavy atom. The Labute approximate surface area is 207 Å². The quantitative estimate of drug-likeness (QED) is 0.316. The van der Waals surface area contributed by atoms with Crippen LogP contribution in [0.1, 0.15) is 68.1 Å². The molecule has 1 aliphatic rings. The average Bonchev–Trinajstić information content (AvgIpc) is 3.45. The first-order chi connectivity index (χ1) is 16.8. The summed E-state index contributed by atoms with van der Waals surface area (Å²) < 4.78 is 8.14. The van der Waals surface area contributed by atoms with Gasteiger partial charge in [0.25, 0.3) is 0 Å². The summed E-state index contributed by atoms with van der Waals surface area (Å²) in [6.45, 7) is 7.01. The fourth-order valence-electron chi connectivity index (χ4n) is 5.22. The zero-order chi connectivity index (χ0) is 24.6. The summed E-state index contributed by atoms with van der Waals surface area (Å²) in [7, 11) is 0. The minimum absolute atomic E-state index is 0.0355. The van der Waals surface area contributed by atoms with E-state index in [1.807, 2.05) is 47.0 Å². The molecular weight excluding hydrogens is 434 g/mol. The Bertz CT molecular complexity index is 1350. The van der Waals surface area contributed by atoms with Crippen LogP contribution in [0, 0.1) is 0 Å². The molecule has 3 aromatic carbocycles. The summed E-state index contributed by atoms with van der Waals surface area (Å²) >= 11 is 0. The van der Waals surface area contributed by atoms with Crippen LogP contribution in [0.4, 0.5) is 0 Å². The van der Waals surface area contributed by atoms with E-state index in [1.54, 1.807) is 0 Å². The minimum Gasteiger partial charge on any atom is -0.490 e. The van der Waals surface area contributed by atoms with Crippen LogP contribution < -0.4 is 4.74 Å². The number of benzene rings is 3. The third-order valence-corrected chi connectivity index (χ3v) is 7.06. The van der Waals surface area contributed by atoms with Gasteiger partial charge in [-0.3, -0.25) is 0 Å². The molecule has 0 atom stereocenters. The van der Waals surface area contributed by atoms with E-state index in [0.717, 1.165) is 46.2 Å². The summed E-state index contributed by atoms with van der Waals surface area (Å²) in [6, 6.07) is 24.4. The lowest BCUT2D eigenvalue weighted by Crippen LogP contribution is -2.12. The zero-order valence-corrected chi connectivity index (χ0v) is 20.8. The fourth-order valence-corrected chi connectivity index (χ4v) is 5.22. The second kappa shape index (κ2) is 9.26. The Kier molecular flexibility index (Phi) is 6.14. The molecule has 0 saturated heterocycles. The minimum atomic E-state index is -0.922. The van der Waals surface area contributed by atoms with E-state index in [1.165, 1.54) is 18.4 Å². The monoisotopic (exact) mass is 467 g/mol. The molecule has 1 aromatic heterocycles. The molecule has 35 heavy (non-hydrogen) atoms. The lowest BCUT2D eigenvalue weighted by Gasteiger charge is -2.19. The molecule has 0 amide bonds. The number of nitrogens with zero attached hydrogens (tertiary/aromatic N) is 1. The predicted molar refractivity (Wildman–Crippen MR) is 141 cm³/mol. The van der Waals surface area contributed by atoms with Crippen molar-refractivity contribution in [3.63, 3.8) is 0 Å². The first kappa shape index (κ1) is 23.2. The number of hydrogen-bond acceptors (Lipinski definition) is 2. The summed E-state index contributed by atoms with van der Waals surface area (Å²) in [5.41, 5.74) is 5.21. The molecule has 1 aliphatic carbocycles. The predicted octanol–water partition coefficient (Wildman–Crippen LogP) is 7.67. The highest BCUT2D eigenvalue weighted by Gasteiger charge is 2.24. The third-order valence-electron chi connectivity index (χ3n) is 7.06. The molecule has 1 N–H and O–H groups in total. The van der Waals surface area contributed by atoms with Gasteiger partial charge >= 0.3 is 5.97 Å². The molecule has 4 nitrogen and oxygen atoms in total. The van der Waals surface area contributed by atoms with Crippen LogP contribution in [-0.2, 0) is 12.0 Å². The van der Waals surface area contributed by atoms with Gasteiger partial charge < -0.3 is 14.4 Å². The summed E-state index contributed by atoms with van der Waals surface area (Å²) in [6.07, 6.45) is 4.94. The number of carbonyl (C=O) groups is 1. The lowest BCUT2D eigenvalue weighted by atomic mass is 9.86. The van der Waals surface area contributed by atoms with Gasteiger partial charge in [0.05, 0.1) is 6.10 Å². The summed E-state index contributed by atoms with van der Waals surface area (Å²) in [4.78, 5) is 12.7. The van der Waals surface area contributed by atoms with Gasteiger partial charge in [0, 0.05) is 23.0 Å². The molecule has 5 rings (SSSR count). The maximum Gasteiger partial charge on any atom is 0.353 e. The molecule has 4 aromatic rings. The van der Waals surface area contributed by atoms with E-state index in [9.17, 15) is 9.90 Å². The highest BCUT2D eigenvalue weighted by Crippen LogP contribution is 2.37. The molecule has 0 spiro atoms. The van der Waals surface area contributed by atoms with Crippen LogP contribution in [0.15, 0.2) is 72.8 Å². The molecule has 0 radical (unpaired) electrons. The Hall–Kier alpha value is -3.53. The SMILES string of the molecule is CC(C)(C)c1ccc(-c2c(C(=O)O)n(Cc3cccc(OC4CCCC4)c3)c3ccccc23)cc1. The molecule has 0 aliphatic heterocycles. The lowest BCUT2D eigenvalue weighted by molar-refractivity contribution is 0.0687. The van der Waals surface area contributed by atoms with E-state index < -0.39 is 5.97 Å². The maximum absolute atomic E-state index is 12.7. The van der Waals surface area contributed by atoms with Gasteiger partial charge in [-0.15, -0.1) is 0 Å². The fraction of sp³-hybridized carbons (Fsp3) is 0.323. The highest BCUT2D eigenvalue weighted by atomic mass is 16.5. The smallest absolute Gasteiger partial charge is 0.353 e. The number of hydrogen-bond donors (Lipinski definition) is 1. The third kappa shape index (κ3) is 4.70. The number of rotatable bonds is 6. The summed E-state index contributed by atoms with van der Waals surface area (Å²) in [5.74, 6) is -0.0600. The van der Waals surface area contributed by atoms with E-state index in [4.69, 9.17) is 4.74 Å². The number of aromatic carboxylic acids is 1. The average molecular weight is 468 g/mol. The van der Waals surface area contributed by atoms with Gasteiger partial charge in [0.15, 0.2) is 0 Å². The maximum atomic E-state index is 12.7. The number of carboxylic acids is 1. The van der Waals surface area contributed by atoms with Crippen molar-refractivity contribution >= 4 is 16.9 Å². The van der Waals surface area contributed by atoms with Crippen molar-refractivity contribution < 1.29 is 14.6 Å². The molecule has 0 unspecified atom stereocenters. The topological polar surface area (TPSA) is 51.5 Å². The Morgan fingerprint density at radius 1 is 0.971 bits per heavy atom. The van der Waals surface area contributed by atoms with Crippen LogP contribution in [0.25, 0.3) is 22.0 Å². The molecular formula is C31H33NO3. The standard InChI is InChI=1S/C31H33NO3/c1-31(2,3)23-17-15-22(16-18-23)28-26-13-6-7-14-27(26)32(29(28)30(33)34)20-21-9-8-12-25(19-21)35-24-10-4-5-11-24/h6-9,12-19,24H,4-5,10-11,20H2,1-3H3,(H,33,34). The second-order valence-electron chi connectivity index (χ2n) is 10.6. The van der Waals surface area contributed by atoms with Crippen molar-refractivity contribution in [2.24, 2.45) is 0 Å². The number of carboxylic acid groups (broad SMARTS) is 1. The van der Waals surface area contributed by atoms with E-state index in [0.29, 0.717) is 12.2 Å². The highest BCUT2D eigenvalue weighted by molar-refractivity contribution is 6.08. The van der Waals surface area contributed by atoms with Crippen molar-refractivity contribution in [3.8, 4) is 16.9 Å². The number of aromatic nitrogens is 1. The summed E-state index contributed by atoms with van der Waals surface area (Å²) in [5, 5.41) is 11.3. The van der Waals surface area contributed by atoms with Crippen molar-refractivity contribution in [1.82, 2.24) is 4.57 Å². The molecule has 4 heteroatoms. The van der Waals surface area contributed by atoms with Gasteiger partial charge in [-0.1, -0.05) is 75.4 Å². The van der Waals surface area contributed by atoms with Crippen LogP contribution >= 0.6 is 0 Å². The van der Waals surface area contributed by atoms with Crippen molar-refractivity contribution in [2.75, 3.05) is 0 Å². The van der Waals surface area contributed by atoms with Crippen molar-refractivity contribution in [2.45, 2.75) is 64.5 Å². The van der Waals surface area contributed by atoms with Gasteiger partial charge in [-0.25, -0.2) is 4.79 Å².